The van der Waals surface area contributed by atoms with Gasteiger partial charge in [-0.25, -0.2) is 0 Å². The third kappa shape index (κ3) is 6.27. The highest BCUT2D eigenvalue weighted by Crippen LogP contribution is 2.48. The molecule has 1 aromatic heterocycles. The second kappa shape index (κ2) is 15.8. The van der Waals surface area contributed by atoms with Gasteiger partial charge in [0, 0.05) is 38.2 Å². The molecule has 2 nitrogen and oxygen atoms in total. The molecule has 11 aromatic carbocycles. The van der Waals surface area contributed by atoms with Crippen molar-refractivity contribution in [3.05, 3.63) is 255 Å². The summed E-state index contributed by atoms with van der Waals surface area (Å²) in [5.74, 6) is 0. The first-order valence-corrected chi connectivity index (χ1v) is 22.0. The molecule has 300 valence electrons. The SMILES string of the molecule is c1ccc(-c2cccc(-c3ccccc3)c2-n2c3ccccc3c3ccc(-c4ccccc4-c4ccccc4N(c4cccc5ccccc45)c4cccc5ccccc45)cc32)cc1. The smallest absolute Gasteiger partial charge is 0.0618 e. The summed E-state index contributed by atoms with van der Waals surface area (Å²) in [6.45, 7) is 0. The number of hydrogen-bond donors (Lipinski definition) is 0. The Kier molecular flexibility index (Phi) is 9.20. The molecule has 0 aliphatic rings. The molecule has 0 N–H and O–H groups in total. The number of anilines is 3. The summed E-state index contributed by atoms with van der Waals surface area (Å²) >= 11 is 0. The Labute approximate surface area is 373 Å². The molecule has 0 amide bonds. The van der Waals surface area contributed by atoms with Crippen LogP contribution >= 0.6 is 0 Å². The topological polar surface area (TPSA) is 8.17 Å². The summed E-state index contributed by atoms with van der Waals surface area (Å²) in [6, 6.07) is 92.8. The molecule has 0 atom stereocenters. The molecule has 12 rings (SSSR count). The summed E-state index contributed by atoms with van der Waals surface area (Å²) in [5, 5.41) is 7.25. The standard InChI is InChI=1S/C62H42N2/c1-3-20-45(21-4-1)51-34-19-35-52(46-22-5-2-6-23-46)62(51)64-60-37-16-14-33-55(60)56-41-40-47(42-61(56)64)48-28-11-12-31-53(48)54-32-13-15-36-59(54)63(57-38-17-26-43-24-7-9-29-49(43)57)58-39-18-27-44-25-8-10-30-50(44)58/h1-42H. The second-order valence-electron chi connectivity index (χ2n) is 16.4. The lowest BCUT2D eigenvalue weighted by atomic mass is 9.92. The van der Waals surface area contributed by atoms with Crippen LogP contribution < -0.4 is 4.90 Å². The molecule has 0 radical (unpaired) electrons. The fourth-order valence-corrected chi connectivity index (χ4v) is 9.93. The molecule has 64 heavy (non-hydrogen) atoms. The molecule has 0 aliphatic carbocycles. The number of hydrogen-bond acceptors (Lipinski definition) is 1. The van der Waals surface area contributed by atoms with Crippen LogP contribution in [0.4, 0.5) is 17.1 Å². The average Bonchev–Trinajstić information content (AvgIpc) is 3.70. The van der Waals surface area contributed by atoms with Crippen molar-refractivity contribution in [1.82, 2.24) is 4.57 Å². The largest absolute Gasteiger partial charge is 0.309 e. The van der Waals surface area contributed by atoms with Crippen LogP contribution in [0, 0.1) is 0 Å². The number of nitrogens with zero attached hydrogens (tertiary/aromatic N) is 2. The highest BCUT2D eigenvalue weighted by Gasteiger charge is 2.24. The van der Waals surface area contributed by atoms with E-state index in [-0.39, 0.29) is 0 Å². The van der Waals surface area contributed by atoms with Gasteiger partial charge in [-0.05, 0) is 68.9 Å². The Bertz CT molecular complexity index is 3530. The van der Waals surface area contributed by atoms with Crippen molar-refractivity contribution in [3.63, 3.8) is 0 Å². The Morgan fingerprint density at radius 2 is 0.688 bits per heavy atom. The fraction of sp³-hybridized carbons (Fsp3) is 0. The van der Waals surface area contributed by atoms with Crippen LogP contribution in [0.5, 0.6) is 0 Å². The summed E-state index contributed by atoms with van der Waals surface area (Å²) in [7, 11) is 0. The highest BCUT2D eigenvalue weighted by atomic mass is 15.1. The van der Waals surface area contributed by atoms with E-state index in [1.807, 2.05) is 0 Å². The van der Waals surface area contributed by atoms with Gasteiger partial charge in [-0.2, -0.15) is 0 Å². The van der Waals surface area contributed by atoms with E-state index in [4.69, 9.17) is 0 Å². The van der Waals surface area contributed by atoms with Crippen LogP contribution in [-0.4, -0.2) is 4.57 Å². The number of rotatable bonds is 8. The molecule has 2 heteroatoms. The van der Waals surface area contributed by atoms with Crippen LogP contribution in [0.15, 0.2) is 255 Å². The quantitative estimate of drug-likeness (QED) is 0.148. The summed E-state index contributed by atoms with van der Waals surface area (Å²) < 4.78 is 2.51. The molecule has 0 fully saturated rings. The van der Waals surface area contributed by atoms with Gasteiger partial charge in [0.1, 0.15) is 0 Å². The lowest BCUT2D eigenvalue weighted by Crippen LogP contribution is -2.12. The maximum atomic E-state index is 2.51. The van der Waals surface area contributed by atoms with Crippen molar-refractivity contribution in [3.8, 4) is 50.2 Å². The minimum Gasteiger partial charge on any atom is -0.309 e. The Morgan fingerprint density at radius 1 is 0.250 bits per heavy atom. The predicted molar refractivity (Wildman–Crippen MR) is 272 cm³/mol. The van der Waals surface area contributed by atoms with Gasteiger partial charge < -0.3 is 9.47 Å². The average molecular weight is 815 g/mol. The zero-order valence-corrected chi connectivity index (χ0v) is 35.1. The van der Waals surface area contributed by atoms with Crippen molar-refractivity contribution in [2.24, 2.45) is 0 Å². The van der Waals surface area contributed by atoms with Crippen molar-refractivity contribution < 1.29 is 0 Å². The second-order valence-corrected chi connectivity index (χ2v) is 16.4. The maximum absolute atomic E-state index is 2.51. The zero-order valence-electron chi connectivity index (χ0n) is 35.1. The normalized spacial score (nSPS) is 11.4. The number of benzene rings is 11. The predicted octanol–water partition coefficient (Wildman–Crippen LogP) is 17.2. The monoisotopic (exact) mass is 814 g/mol. The van der Waals surface area contributed by atoms with Crippen molar-refractivity contribution in [1.29, 1.82) is 0 Å². The van der Waals surface area contributed by atoms with Gasteiger partial charge in [-0.1, -0.05) is 224 Å². The van der Waals surface area contributed by atoms with Crippen LogP contribution in [-0.2, 0) is 0 Å². The van der Waals surface area contributed by atoms with Gasteiger partial charge in [-0.15, -0.1) is 0 Å². The minimum absolute atomic E-state index is 1.11. The molecular formula is C62H42N2. The fourth-order valence-electron chi connectivity index (χ4n) is 9.93. The van der Waals surface area contributed by atoms with Crippen LogP contribution in [0.3, 0.4) is 0 Å². The van der Waals surface area contributed by atoms with Gasteiger partial charge in [-0.3, -0.25) is 0 Å². The summed E-state index contributed by atoms with van der Waals surface area (Å²) in [4.78, 5) is 2.48. The molecule has 0 saturated carbocycles. The molecule has 1 heterocycles. The van der Waals surface area contributed by atoms with E-state index in [9.17, 15) is 0 Å². The third-order valence-electron chi connectivity index (χ3n) is 12.8. The minimum atomic E-state index is 1.11. The van der Waals surface area contributed by atoms with Crippen molar-refractivity contribution >= 4 is 60.4 Å². The number of para-hydroxylation sites is 3. The Hall–Kier alpha value is -8.46. The van der Waals surface area contributed by atoms with Gasteiger partial charge in [0.05, 0.1) is 33.8 Å². The van der Waals surface area contributed by atoms with E-state index < -0.39 is 0 Å². The van der Waals surface area contributed by atoms with Gasteiger partial charge in [0.2, 0.25) is 0 Å². The molecule has 0 unspecified atom stereocenters. The molecule has 12 aromatic rings. The number of aromatic nitrogens is 1. The summed E-state index contributed by atoms with van der Waals surface area (Å²) in [5.41, 5.74) is 16.3. The van der Waals surface area contributed by atoms with Crippen molar-refractivity contribution in [2.45, 2.75) is 0 Å². The van der Waals surface area contributed by atoms with Gasteiger partial charge in [0.15, 0.2) is 0 Å². The highest BCUT2D eigenvalue weighted by molar-refractivity contribution is 6.12. The molecule has 0 aliphatic heterocycles. The van der Waals surface area contributed by atoms with Crippen molar-refractivity contribution in [2.75, 3.05) is 4.90 Å². The van der Waals surface area contributed by atoms with E-state index in [0.29, 0.717) is 0 Å². The molecule has 0 spiro atoms. The van der Waals surface area contributed by atoms with Crippen LogP contribution in [0.2, 0.25) is 0 Å². The number of fused-ring (bicyclic) bond motifs is 5. The van der Waals surface area contributed by atoms with E-state index >= 15 is 0 Å². The lowest BCUT2D eigenvalue weighted by molar-refractivity contribution is 1.18. The molecule has 0 bridgehead atoms. The Morgan fingerprint density at radius 3 is 1.33 bits per heavy atom. The van der Waals surface area contributed by atoms with Gasteiger partial charge >= 0.3 is 0 Å². The molecule has 0 saturated heterocycles. The van der Waals surface area contributed by atoms with E-state index in [1.165, 1.54) is 76.9 Å². The first-order chi connectivity index (χ1) is 31.8. The Balaban J connectivity index is 1.11. The maximum Gasteiger partial charge on any atom is 0.0618 e. The van der Waals surface area contributed by atoms with Crippen LogP contribution in [0.1, 0.15) is 0 Å². The summed E-state index contributed by atoms with van der Waals surface area (Å²) in [6.07, 6.45) is 0. The zero-order chi connectivity index (χ0) is 42.4. The molecular weight excluding hydrogens is 773 g/mol. The van der Waals surface area contributed by atoms with Gasteiger partial charge in [0.25, 0.3) is 0 Å². The first-order valence-electron chi connectivity index (χ1n) is 22.0. The van der Waals surface area contributed by atoms with Crippen LogP contribution in [0.25, 0.3) is 93.5 Å². The van der Waals surface area contributed by atoms with E-state index in [1.54, 1.807) is 0 Å². The first kappa shape index (κ1) is 37.3. The van der Waals surface area contributed by atoms with E-state index in [2.05, 4.69) is 264 Å². The third-order valence-corrected chi connectivity index (χ3v) is 12.8. The lowest BCUT2D eigenvalue weighted by Gasteiger charge is -2.30. The van der Waals surface area contributed by atoms with E-state index in [0.717, 1.165) is 33.7 Å².